The second kappa shape index (κ2) is 8.27. The highest BCUT2D eigenvalue weighted by Crippen LogP contribution is 2.26. The molecule has 0 aliphatic rings. The number of rotatable bonds is 7. The van der Waals surface area contributed by atoms with Crippen molar-refractivity contribution in [2.45, 2.75) is 39.7 Å². The summed E-state index contributed by atoms with van der Waals surface area (Å²) < 4.78 is 5.29. The smallest absolute Gasteiger partial charge is 0.227 e. The molecule has 0 aliphatic carbocycles. The molecule has 26 heavy (non-hydrogen) atoms. The topological polar surface area (TPSA) is 68.0 Å². The maximum atomic E-state index is 12.3. The monoisotopic (exact) mass is 369 g/mol. The standard InChI is InChI=1S/C20H23N3O2S/c1-13(2)19(16-5-4-12-26-16)21-17(24)10-11-18-22-20(23-25-18)15-8-6-14(3)7-9-15/h4-9,12-13,19H,10-11H2,1-3H3,(H,21,24). The average molecular weight is 369 g/mol. The first-order valence-electron chi connectivity index (χ1n) is 8.75. The van der Waals surface area contributed by atoms with Gasteiger partial charge >= 0.3 is 0 Å². The van der Waals surface area contributed by atoms with Crippen LogP contribution in [-0.4, -0.2) is 16.0 Å². The third-order valence-corrected chi connectivity index (χ3v) is 5.13. The van der Waals surface area contributed by atoms with Gasteiger partial charge in [0.1, 0.15) is 0 Å². The Morgan fingerprint density at radius 2 is 2.00 bits per heavy atom. The Hall–Kier alpha value is -2.47. The van der Waals surface area contributed by atoms with Gasteiger partial charge in [-0.1, -0.05) is 54.9 Å². The van der Waals surface area contributed by atoms with Gasteiger partial charge in [-0.25, -0.2) is 0 Å². The zero-order valence-electron chi connectivity index (χ0n) is 15.2. The van der Waals surface area contributed by atoms with E-state index in [-0.39, 0.29) is 11.9 Å². The van der Waals surface area contributed by atoms with Crippen molar-refractivity contribution >= 4 is 17.2 Å². The lowest BCUT2D eigenvalue weighted by molar-refractivity contribution is -0.122. The second-order valence-electron chi connectivity index (χ2n) is 6.68. The van der Waals surface area contributed by atoms with Gasteiger partial charge in [-0.15, -0.1) is 11.3 Å². The van der Waals surface area contributed by atoms with Crippen LogP contribution in [0.5, 0.6) is 0 Å². The highest BCUT2D eigenvalue weighted by Gasteiger charge is 2.19. The van der Waals surface area contributed by atoms with Crippen molar-refractivity contribution in [3.8, 4) is 11.4 Å². The van der Waals surface area contributed by atoms with Crippen LogP contribution in [0, 0.1) is 12.8 Å². The minimum Gasteiger partial charge on any atom is -0.348 e. The van der Waals surface area contributed by atoms with E-state index < -0.39 is 0 Å². The molecule has 1 atom stereocenters. The van der Waals surface area contributed by atoms with Crippen molar-refractivity contribution in [2.24, 2.45) is 5.92 Å². The van der Waals surface area contributed by atoms with Crippen LogP contribution in [0.4, 0.5) is 0 Å². The van der Waals surface area contributed by atoms with Crippen LogP contribution in [0.2, 0.25) is 0 Å². The molecule has 1 unspecified atom stereocenters. The first kappa shape index (κ1) is 18.3. The lowest BCUT2D eigenvalue weighted by Gasteiger charge is -2.21. The predicted molar refractivity (Wildman–Crippen MR) is 103 cm³/mol. The van der Waals surface area contributed by atoms with E-state index in [9.17, 15) is 4.79 Å². The number of nitrogens with zero attached hydrogens (tertiary/aromatic N) is 2. The summed E-state index contributed by atoms with van der Waals surface area (Å²) in [5.74, 6) is 1.35. The quantitative estimate of drug-likeness (QED) is 0.663. The van der Waals surface area contributed by atoms with Crippen molar-refractivity contribution in [1.29, 1.82) is 0 Å². The Labute approximate surface area is 157 Å². The number of amides is 1. The third-order valence-electron chi connectivity index (χ3n) is 4.18. The molecule has 2 heterocycles. The van der Waals surface area contributed by atoms with E-state index in [2.05, 4.69) is 35.4 Å². The van der Waals surface area contributed by atoms with E-state index in [1.165, 1.54) is 10.4 Å². The Bertz CT molecular complexity index is 838. The molecule has 0 aliphatic heterocycles. The zero-order chi connectivity index (χ0) is 18.5. The SMILES string of the molecule is Cc1ccc(-c2noc(CCC(=O)NC(c3cccs3)C(C)C)n2)cc1. The van der Waals surface area contributed by atoms with Gasteiger partial charge in [0.25, 0.3) is 0 Å². The molecular weight excluding hydrogens is 346 g/mol. The maximum absolute atomic E-state index is 12.3. The van der Waals surface area contributed by atoms with Gasteiger partial charge in [-0.05, 0) is 24.3 Å². The molecule has 136 valence electrons. The summed E-state index contributed by atoms with van der Waals surface area (Å²) in [6.45, 7) is 6.25. The van der Waals surface area contributed by atoms with Gasteiger partial charge in [0.2, 0.25) is 17.6 Å². The van der Waals surface area contributed by atoms with Crippen molar-refractivity contribution in [3.63, 3.8) is 0 Å². The lowest BCUT2D eigenvalue weighted by atomic mass is 10.0. The van der Waals surface area contributed by atoms with Gasteiger partial charge in [0.05, 0.1) is 6.04 Å². The van der Waals surface area contributed by atoms with E-state index in [1.807, 2.05) is 42.6 Å². The molecule has 1 aromatic carbocycles. The molecule has 1 N–H and O–H groups in total. The van der Waals surface area contributed by atoms with Gasteiger partial charge in [0, 0.05) is 23.3 Å². The first-order valence-corrected chi connectivity index (χ1v) is 9.63. The number of carbonyl (C=O) groups is 1. The van der Waals surface area contributed by atoms with Crippen molar-refractivity contribution in [1.82, 2.24) is 15.5 Å². The summed E-state index contributed by atoms with van der Waals surface area (Å²) in [6.07, 6.45) is 0.754. The number of hydrogen-bond donors (Lipinski definition) is 1. The molecule has 3 aromatic rings. The Morgan fingerprint density at radius 1 is 1.23 bits per heavy atom. The van der Waals surface area contributed by atoms with E-state index in [0.717, 1.165) is 5.56 Å². The van der Waals surface area contributed by atoms with Crippen LogP contribution >= 0.6 is 11.3 Å². The molecule has 1 amide bonds. The van der Waals surface area contributed by atoms with Crippen LogP contribution in [0.25, 0.3) is 11.4 Å². The van der Waals surface area contributed by atoms with Crippen molar-refractivity contribution in [2.75, 3.05) is 0 Å². The summed E-state index contributed by atoms with van der Waals surface area (Å²) >= 11 is 1.66. The van der Waals surface area contributed by atoms with Gasteiger partial charge < -0.3 is 9.84 Å². The number of thiophene rings is 1. The molecule has 0 saturated heterocycles. The second-order valence-corrected chi connectivity index (χ2v) is 7.66. The molecule has 0 spiro atoms. The summed E-state index contributed by atoms with van der Waals surface area (Å²) in [5, 5.41) is 9.15. The normalized spacial score (nSPS) is 12.3. The van der Waals surface area contributed by atoms with Crippen LogP contribution < -0.4 is 5.32 Å². The van der Waals surface area contributed by atoms with Crippen molar-refractivity contribution < 1.29 is 9.32 Å². The van der Waals surface area contributed by atoms with E-state index >= 15 is 0 Å². The fourth-order valence-corrected chi connectivity index (χ4v) is 3.63. The summed E-state index contributed by atoms with van der Waals surface area (Å²) in [5.41, 5.74) is 2.09. The van der Waals surface area contributed by atoms with Crippen LogP contribution in [0.1, 0.15) is 42.6 Å². The highest BCUT2D eigenvalue weighted by atomic mass is 32.1. The number of nitrogens with one attached hydrogen (secondary N) is 1. The molecule has 6 heteroatoms. The predicted octanol–water partition coefficient (Wildman–Crippen LogP) is 4.55. The molecule has 0 fully saturated rings. The molecular formula is C20H23N3O2S. The van der Waals surface area contributed by atoms with Crippen molar-refractivity contribution in [3.05, 3.63) is 58.1 Å². The average Bonchev–Trinajstić information content (AvgIpc) is 3.30. The Kier molecular flexibility index (Phi) is 5.83. The number of aryl methyl sites for hydroxylation is 2. The highest BCUT2D eigenvalue weighted by molar-refractivity contribution is 7.10. The van der Waals surface area contributed by atoms with Gasteiger partial charge in [-0.3, -0.25) is 4.79 Å². The summed E-state index contributed by atoms with van der Waals surface area (Å²) in [6, 6.07) is 12.0. The third kappa shape index (κ3) is 4.58. The number of benzene rings is 1. The largest absolute Gasteiger partial charge is 0.348 e. The van der Waals surface area contributed by atoms with Crippen LogP contribution in [0.3, 0.4) is 0 Å². The molecule has 0 radical (unpaired) electrons. The molecule has 0 bridgehead atoms. The molecule has 2 aromatic heterocycles. The van der Waals surface area contributed by atoms with Gasteiger partial charge in [0.15, 0.2) is 0 Å². The number of aromatic nitrogens is 2. The Morgan fingerprint density at radius 3 is 2.65 bits per heavy atom. The fourth-order valence-electron chi connectivity index (χ4n) is 2.68. The number of carbonyl (C=O) groups excluding carboxylic acids is 1. The maximum Gasteiger partial charge on any atom is 0.227 e. The molecule has 5 nitrogen and oxygen atoms in total. The first-order chi connectivity index (χ1) is 12.5. The minimum absolute atomic E-state index is 0.00724. The van der Waals surface area contributed by atoms with Gasteiger partial charge in [-0.2, -0.15) is 4.98 Å². The molecule has 3 rings (SSSR count). The molecule has 0 saturated carbocycles. The minimum atomic E-state index is -0.00724. The Balaban J connectivity index is 1.57. The van der Waals surface area contributed by atoms with Crippen LogP contribution in [-0.2, 0) is 11.2 Å². The summed E-state index contributed by atoms with van der Waals surface area (Å²) in [4.78, 5) is 17.9. The zero-order valence-corrected chi connectivity index (χ0v) is 16.0. The van der Waals surface area contributed by atoms with E-state index in [0.29, 0.717) is 30.5 Å². The number of hydrogen-bond acceptors (Lipinski definition) is 5. The lowest BCUT2D eigenvalue weighted by Crippen LogP contribution is -2.31. The van der Waals surface area contributed by atoms with E-state index in [4.69, 9.17) is 4.52 Å². The summed E-state index contributed by atoms with van der Waals surface area (Å²) in [7, 11) is 0. The fraction of sp³-hybridized carbons (Fsp3) is 0.350. The van der Waals surface area contributed by atoms with Crippen LogP contribution in [0.15, 0.2) is 46.3 Å². The van der Waals surface area contributed by atoms with E-state index in [1.54, 1.807) is 11.3 Å².